The second-order valence-corrected chi connectivity index (χ2v) is 4.57. The number of hydrogen-bond donors (Lipinski definition) is 1. The Morgan fingerprint density at radius 3 is 2.53 bits per heavy atom. The molecule has 1 heterocycles. The molecule has 0 bridgehead atoms. The van der Waals surface area contributed by atoms with Crippen molar-refractivity contribution in [3.05, 3.63) is 65.2 Å². The van der Waals surface area contributed by atoms with Crippen molar-refractivity contribution in [1.82, 2.24) is 9.55 Å². The van der Waals surface area contributed by atoms with Gasteiger partial charge < -0.3 is 5.32 Å². The number of nitrogens with zero attached hydrogens (tertiary/aromatic N) is 2. The molecule has 0 aliphatic carbocycles. The quantitative estimate of drug-likeness (QED) is 0.913. The van der Waals surface area contributed by atoms with Crippen molar-refractivity contribution in [2.24, 2.45) is 0 Å². The molecule has 0 atom stereocenters. The van der Waals surface area contributed by atoms with Gasteiger partial charge in [0.25, 0.3) is 0 Å². The SMILES string of the molecule is C=C(Nc1ccn(C(C)C)c(=O)n1)c1ccccc1. The molecular weight excluding hydrogens is 238 g/mol. The Morgan fingerprint density at radius 2 is 1.95 bits per heavy atom. The van der Waals surface area contributed by atoms with Crippen LogP contribution in [0.25, 0.3) is 5.70 Å². The zero-order chi connectivity index (χ0) is 13.8. The summed E-state index contributed by atoms with van der Waals surface area (Å²) in [5.41, 5.74) is 1.42. The summed E-state index contributed by atoms with van der Waals surface area (Å²) in [4.78, 5) is 15.8. The fraction of sp³-hybridized carbons (Fsp3) is 0.200. The van der Waals surface area contributed by atoms with Crippen molar-refractivity contribution in [3.63, 3.8) is 0 Å². The third-order valence-electron chi connectivity index (χ3n) is 2.79. The Labute approximate surface area is 112 Å². The third kappa shape index (κ3) is 3.10. The van der Waals surface area contributed by atoms with E-state index in [1.807, 2.05) is 44.2 Å². The van der Waals surface area contributed by atoms with Crippen molar-refractivity contribution in [2.45, 2.75) is 19.9 Å². The smallest absolute Gasteiger partial charge is 0.340 e. The zero-order valence-corrected chi connectivity index (χ0v) is 11.1. The maximum absolute atomic E-state index is 11.8. The minimum atomic E-state index is -0.263. The molecule has 0 amide bonds. The molecule has 4 nitrogen and oxygen atoms in total. The van der Waals surface area contributed by atoms with Gasteiger partial charge in [0.15, 0.2) is 0 Å². The highest BCUT2D eigenvalue weighted by molar-refractivity contribution is 5.73. The summed E-state index contributed by atoms with van der Waals surface area (Å²) in [6.45, 7) is 7.83. The molecule has 19 heavy (non-hydrogen) atoms. The van der Waals surface area contributed by atoms with Crippen LogP contribution in [0.15, 0.2) is 54.0 Å². The van der Waals surface area contributed by atoms with Gasteiger partial charge >= 0.3 is 5.69 Å². The molecule has 4 heteroatoms. The van der Waals surface area contributed by atoms with Gasteiger partial charge in [-0.05, 0) is 25.5 Å². The molecule has 1 aromatic heterocycles. The number of rotatable bonds is 4. The highest BCUT2D eigenvalue weighted by atomic mass is 16.1. The lowest BCUT2D eigenvalue weighted by molar-refractivity contribution is 0.564. The summed E-state index contributed by atoms with van der Waals surface area (Å²) >= 11 is 0. The van der Waals surface area contributed by atoms with Crippen molar-refractivity contribution in [2.75, 3.05) is 5.32 Å². The molecule has 98 valence electrons. The van der Waals surface area contributed by atoms with Gasteiger partial charge in [-0.25, -0.2) is 4.79 Å². The van der Waals surface area contributed by atoms with Crippen molar-refractivity contribution in [1.29, 1.82) is 0 Å². The second-order valence-electron chi connectivity index (χ2n) is 4.57. The molecule has 0 unspecified atom stereocenters. The van der Waals surface area contributed by atoms with E-state index in [9.17, 15) is 4.79 Å². The van der Waals surface area contributed by atoms with Crippen LogP contribution in [0.1, 0.15) is 25.5 Å². The van der Waals surface area contributed by atoms with Crippen LogP contribution >= 0.6 is 0 Å². The molecular formula is C15H17N3O. The zero-order valence-electron chi connectivity index (χ0n) is 11.1. The molecule has 2 aromatic rings. The lowest BCUT2D eigenvalue weighted by Crippen LogP contribution is -2.24. The lowest BCUT2D eigenvalue weighted by Gasteiger charge is -2.11. The summed E-state index contributed by atoms with van der Waals surface area (Å²) in [5, 5.41) is 3.05. The maximum atomic E-state index is 11.8. The normalized spacial score (nSPS) is 10.5. The summed E-state index contributed by atoms with van der Waals surface area (Å²) in [7, 11) is 0. The Hall–Kier alpha value is -2.36. The number of anilines is 1. The van der Waals surface area contributed by atoms with Crippen LogP contribution in [-0.4, -0.2) is 9.55 Å². The maximum Gasteiger partial charge on any atom is 0.349 e. The van der Waals surface area contributed by atoms with E-state index in [-0.39, 0.29) is 11.7 Å². The average molecular weight is 255 g/mol. The van der Waals surface area contributed by atoms with Crippen molar-refractivity contribution < 1.29 is 0 Å². The Balaban J connectivity index is 2.19. The van der Waals surface area contributed by atoms with Crippen LogP contribution in [0.3, 0.4) is 0 Å². The molecule has 0 aliphatic rings. The minimum absolute atomic E-state index is 0.103. The lowest BCUT2D eigenvalue weighted by atomic mass is 10.2. The number of aromatic nitrogens is 2. The minimum Gasteiger partial charge on any atom is -0.340 e. The van der Waals surface area contributed by atoms with Gasteiger partial charge in [0.1, 0.15) is 5.82 Å². The van der Waals surface area contributed by atoms with E-state index < -0.39 is 0 Å². The summed E-state index contributed by atoms with van der Waals surface area (Å²) in [6.07, 6.45) is 1.74. The van der Waals surface area contributed by atoms with E-state index in [4.69, 9.17) is 0 Å². The van der Waals surface area contributed by atoms with E-state index in [0.717, 1.165) is 11.3 Å². The largest absolute Gasteiger partial charge is 0.349 e. The van der Waals surface area contributed by atoms with Gasteiger partial charge in [-0.1, -0.05) is 36.9 Å². The number of benzene rings is 1. The van der Waals surface area contributed by atoms with Gasteiger partial charge in [0, 0.05) is 17.9 Å². The van der Waals surface area contributed by atoms with Crippen LogP contribution in [0.5, 0.6) is 0 Å². The molecule has 0 aliphatic heterocycles. The molecule has 0 saturated carbocycles. The number of nitrogens with one attached hydrogen (secondary N) is 1. The van der Waals surface area contributed by atoms with Crippen molar-refractivity contribution >= 4 is 11.5 Å². The van der Waals surface area contributed by atoms with Crippen LogP contribution in [0.2, 0.25) is 0 Å². The highest BCUT2D eigenvalue weighted by Crippen LogP contribution is 2.14. The Morgan fingerprint density at radius 1 is 1.26 bits per heavy atom. The number of hydrogen-bond acceptors (Lipinski definition) is 3. The van der Waals surface area contributed by atoms with E-state index in [0.29, 0.717) is 5.82 Å². The topological polar surface area (TPSA) is 46.9 Å². The van der Waals surface area contributed by atoms with E-state index in [1.165, 1.54) is 0 Å². The Kier molecular flexibility index (Phi) is 3.80. The van der Waals surface area contributed by atoms with Gasteiger partial charge in [-0.15, -0.1) is 0 Å². The molecule has 1 aromatic carbocycles. The summed E-state index contributed by atoms with van der Waals surface area (Å²) < 4.78 is 1.58. The summed E-state index contributed by atoms with van der Waals surface area (Å²) in [5.74, 6) is 0.510. The predicted octanol–water partition coefficient (Wildman–Crippen LogP) is 2.91. The first kappa shape index (κ1) is 13.1. The predicted molar refractivity (Wildman–Crippen MR) is 78.0 cm³/mol. The molecule has 0 spiro atoms. The van der Waals surface area contributed by atoms with Gasteiger partial charge in [0.05, 0.1) is 0 Å². The molecule has 0 radical (unpaired) electrons. The van der Waals surface area contributed by atoms with E-state index in [1.54, 1.807) is 16.8 Å². The average Bonchev–Trinajstić information content (AvgIpc) is 2.39. The molecule has 0 fully saturated rings. The first-order valence-electron chi connectivity index (χ1n) is 6.18. The van der Waals surface area contributed by atoms with Gasteiger partial charge in [-0.3, -0.25) is 4.57 Å². The standard InChI is InChI=1S/C15H17N3O/c1-11(2)18-10-9-14(17-15(18)19)16-12(3)13-7-5-4-6-8-13/h4-11H,3H2,1-2H3,(H,16,17,19). The van der Waals surface area contributed by atoms with Gasteiger partial charge in [0.2, 0.25) is 0 Å². The van der Waals surface area contributed by atoms with E-state index >= 15 is 0 Å². The summed E-state index contributed by atoms with van der Waals surface area (Å²) in [6, 6.07) is 11.6. The molecule has 0 saturated heterocycles. The van der Waals surface area contributed by atoms with Crippen LogP contribution in [0.4, 0.5) is 5.82 Å². The van der Waals surface area contributed by atoms with Gasteiger partial charge in [-0.2, -0.15) is 4.98 Å². The first-order chi connectivity index (χ1) is 9.08. The third-order valence-corrected chi connectivity index (χ3v) is 2.79. The molecule has 1 N–H and O–H groups in total. The highest BCUT2D eigenvalue weighted by Gasteiger charge is 2.04. The fourth-order valence-electron chi connectivity index (χ4n) is 1.74. The van der Waals surface area contributed by atoms with Crippen LogP contribution < -0.4 is 11.0 Å². The Bertz CT molecular complexity index is 629. The van der Waals surface area contributed by atoms with Crippen molar-refractivity contribution in [3.8, 4) is 0 Å². The van der Waals surface area contributed by atoms with Crippen LogP contribution in [-0.2, 0) is 0 Å². The first-order valence-corrected chi connectivity index (χ1v) is 6.18. The van der Waals surface area contributed by atoms with E-state index in [2.05, 4.69) is 16.9 Å². The van der Waals surface area contributed by atoms with Crippen LogP contribution in [0, 0.1) is 0 Å². The molecule has 2 rings (SSSR count). The fourth-order valence-corrected chi connectivity index (χ4v) is 1.74. The second kappa shape index (κ2) is 5.52. The monoisotopic (exact) mass is 255 g/mol.